The van der Waals surface area contributed by atoms with Crippen molar-refractivity contribution in [1.82, 2.24) is 4.98 Å². The van der Waals surface area contributed by atoms with Crippen LogP contribution in [-0.2, 0) is 11.2 Å². The average molecular weight is 263 g/mol. The van der Waals surface area contributed by atoms with Crippen molar-refractivity contribution in [1.29, 1.82) is 0 Å². The van der Waals surface area contributed by atoms with E-state index in [1.807, 2.05) is 6.92 Å². The van der Waals surface area contributed by atoms with Crippen molar-refractivity contribution in [2.75, 3.05) is 7.11 Å². The van der Waals surface area contributed by atoms with Crippen LogP contribution in [0.3, 0.4) is 0 Å². The molecule has 1 fully saturated rings. The lowest BCUT2D eigenvalue weighted by Crippen LogP contribution is -2.09. The van der Waals surface area contributed by atoms with E-state index in [0.717, 1.165) is 36.8 Å². The summed E-state index contributed by atoms with van der Waals surface area (Å²) in [6.45, 7) is 2.01. The predicted octanol–water partition coefficient (Wildman–Crippen LogP) is 3.22. The summed E-state index contributed by atoms with van der Waals surface area (Å²) in [4.78, 5) is 26.2. The van der Waals surface area contributed by atoms with Crippen LogP contribution in [-0.4, -0.2) is 24.3 Å². The molecule has 0 unspecified atom stereocenters. The Morgan fingerprint density at radius 3 is 2.58 bits per heavy atom. The molecule has 1 aliphatic carbocycles. The number of aromatic amines is 1. The Labute approximate surface area is 113 Å². The minimum absolute atomic E-state index is 0.365. The second-order valence-electron chi connectivity index (χ2n) is 5.10. The Morgan fingerprint density at radius 2 is 2.05 bits per heavy atom. The normalized spacial score (nSPS) is 16.3. The molecule has 0 bridgehead atoms. The second kappa shape index (κ2) is 6.04. The summed E-state index contributed by atoms with van der Waals surface area (Å²) in [5.74, 6) is 0.0260. The van der Waals surface area contributed by atoms with Crippen LogP contribution in [0.5, 0.6) is 0 Å². The molecule has 4 nitrogen and oxygen atoms in total. The van der Waals surface area contributed by atoms with Gasteiger partial charge < -0.3 is 9.72 Å². The van der Waals surface area contributed by atoms with Crippen LogP contribution in [0, 0.1) is 0 Å². The van der Waals surface area contributed by atoms with Crippen molar-refractivity contribution in [3.05, 3.63) is 22.5 Å². The van der Waals surface area contributed by atoms with Gasteiger partial charge in [0.1, 0.15) is 0 Å². The molecule has 0 atom stereocenters. The first kappa shape index (κ1) is 13.8. The van der Waals surface area contributed by atoms with Gasteiger partial charge in [0.2, 0.25) is 0 Å². The van der Waals surface area contributed by atoms with E-state index in [4.69, 9.17) is 4.74 Å². The molecule has 1 aliphatic rings. The number of hydrogen-bond acceptors (Lipinski definition) is 3. The number of esters is 1. The van der Waals surface area contributed by atoms with Crippen LogP contribution in [0.1, 0.15) is 77.0 Å². The molecule has 1 N–H and O–H groups in total. The third-order valence-electron chi connectivity index (χ3n) is 4.04. The first-order valence-corrected chi connectivity index (χ1v) is 7.01. The summed E-state index contributed by atoms with van der Waals surface area (Å²) in [7, 11) is 1.35. The highest BCUT2D eigenvalue weighted by molar-refractivity contribution is 5.99. The maximum Gasteiger partial charge on any atom is 0.340 e. The Balaban J connectivity index is 2.45. The van der Waals surface area contributed by atoms with E-state index in [-0.39, 0.29) is 0 Å². The minimum atomic E-state index is -0.419. The van der Waals surface area contributed by atoms with Crippen molar-refractivity contribution >= 4 is 12.3 Å². The Hall–Kier alpha value is -1.58. The number of ether oxygens (including phenoxy) is 1. The molecule has 1 heterocycles. The van der Waals surface area contributed by atoms with Gasteiger partial charge in [0.05, 0.1) is 18.4 Å². The van der Waals surface area contributed by atoms with Crippen molar-refractivity contribution in [2.24, 2.45) is 0 Å². The maximum absolute atomic E-state index is 11.9. The fourth-order valence-corrected chi connectivity index (χ4v) is 3.11. The van der Waals surface area contributed by atoms with Crippen molar-refractivity contribution in [3.8, 4) is 0 Å². The van der Waals surface area contributed by atoms with E-state index in [1.165, 1.54) is 26.4 Å². The van der Waals surface area contributed by atoms with E-state index in [0.29, 0.717) is 17.2 Å². The lowest BCUT2D eigenvalue weighted by Gasteiger charge is -2.22. The zero-order valence-electron chi connectivity index (χ0n) is 11.6. The number of rotatable bonds is 4. The molecule has 0 amide bonds. The van der Waals surface area contributed by atoms with Crippen LogP contribution >= 0.6 is 0 Å². The van der Waals surface area contributed by atoms with Gasteiger partial charge in [-0.15, -0.1) is 0 Å². The number of nitrogens with one attached hydrogen (secondary N) is 1. The molecule has 0 aromatic carbocycles. The molecule has 1 saturated carbocycles. The Bertz CT molecular complexity index is 470. The van der Waals surface area contributed by atoms with Crippen molar-refractivity contribution in [2.45, 2.75) is 51.4 Å². The summed E-state index contributed by atoms with van der Waals surface area (Å²) in [6.07, 6.45) is 7.44. The van der Waals surface area contributed by atoms with E-state index in [1.54, 1.807) is 0 Å². The highest BCUT2D eigenvalue weighted by Gasteiger charge is 2.27. The first-order valence-electron chi connectivity index (χ1n) is 7.01. The maximum atomic E-state index is 11.9. The predicted molar refractivity (Wildman–Crippen MR) is 72.7 cm³/mol. The molecule has 2 rings (SSSR count). The molecule has 0 aliphatic heterocycles. The van der Waals surface area contributed by atoms with Crippen LogP contribution in [0.25, 0.3) is 0 Å². The third kappa shape index (κ3) is 2.57. The summed E-state index contributed by atoms with van der Waals surface area (Å²) in [5.41, 5.74) is 2.83. The molecule has 4 heteroatoms. The standard InChI is InChI=1S/C15H21NO3/c1-3-11-13(15(18)19-2)12(9-17)16-14(11)10-7-5-4-6-8-10/h9-10,16H,3-8H2,1-2H3. The van der Waals surface area contributed by atoms with Gasteiger partial charge >= 0.3 is 5.97 Å². The van der Waals surface area contributed by atoms with Gasteiger partial charge in [0.25, 0.3) is 0 Å². The number of aromatic nitrogens is 1. The zero-order chi connectivity index (χ0) is 13.8. The number of aldehydes is 1. The largest absolute Gasteiger partial charge is 0.465 e. The summed E-state index contributed by atoms with van der Waals surface area (Å²) in [5, 5.41) is 0. The third-order valence-corrected chi connectivity index (χ3v) is 4.04. The quantitative estimate of drug-likeness (QED) is 0.670. The van der Waals surface area contributed by atoms with Gasteiger partial charge in [-0.2, -0.15) is 0 Å². The Kier molecular flexibility index (Phi) is 4.40. The van der Waals surface area contributed by atoms with Crippen LogP contribution in [0.4, 0.5) is 0 Å². The minimum Gasteiger partial charge on any atom is -0.465 e. The molecule has 1 aromatic rings. The highest BCUT2D eigenvalue weighted by Crippen LogP contribution is 2.36. The van der Waals surface area contributed by atoms with Crippen molar-refractivity contribution in [3.63, 3.8) is 0 Å². The lowest BCUT2D eigenvalue weighted by molar-refractivity contribution is 0.0597. The van der Waals surface area contributed by atoms with E-state index >= 15 is 0 Å². The highest BCUT2D eigenvalue weighted by atomic mass is 16.5. The second-order valence-corrected chi connectivity index (χ2v) is 5.10. The van der Waals surface area contributed by atoms with Crippen LogP contribution < -0.4 is 0 Å². The van der Waals surface area contributed by atoms with Gasteiger partial charge in [-0.25, -0.2) is 4.79 Å². The monoisotopic (exact) mass is 263 g/mol. The SMILES string of the molecule is CCc1c(C2CCCCC2)[nH]c(C=O)c1C(=O)OC. The number of carbonyl (C=O) groups excluding carboxylic acids is 2. The molecule has 1 aromatic heterocycles. The van der Waals surface area contributed by atoms with E-state index < -0.39 is 5.97 Å². The molecule has 0 radical (unpaired) electrons. The fraction of sp³-hybridized carbons (Fsp3) is 0.600. The smallest absolute Gasteiger partial charge is 0.340 e. The molecular weight excluding hydrogens is 242 g/mol. The van der Waals surface area contributed by atoms with Gasteiger partial charge in [-0.3, -0.25) is 4.79 Å². The van der Waals surface area contributed by atoms with Gasteiger partial charge in [-0.1, -0.05) is 26.2 Å². The molecular formula is C15H21NO3. The molecule has 19 heavy (non-hydrogen) atoms. The Morgan fingerprint density at radius 1 is 1.37 bits per heavy atom. The van der Waals surface area contributed by atoms with Crippen LogP contribution in [0.2, 0.25) is 0 Å². The fourth-order valence-electron chi connectivity index (χ4n) is 3.11. The topological polar surface area (TPSA) is 59.2 Å². The summed E-state index contributed by atoms with van der Waals surface area (Å²) in [6, 6.07) is 0. The van der Waals surface area contributed by atoms with Crippen molar-refractivity contribution < 1.29 is 14.3 Å². The molecule has 104 valence electrons. The van der Waals surface area contributed by atoms with Gasteiger partial charge in [0, 0.05) is 5.69 Å². The van der Waals surface area contributed by atoms with Crippen LogP contribution in [0.15, 0.2) is 0 Å². The molecule has 0 saturated heterocycles. The molecule has 0 spiro atoms. The first-order chi connectivity index (χ1) is 9.22. The summed E-state index contributed by atoms with van der Waals surface area (Å²) < 4.78 is 4.80. The van der Waals surface area contributed by atoms with Gasteiger partial charge in [0.15, 0.2) is 6.29 Å². The average Bonchev–Trinajstić information content (AvgIpc) is 2.85. The zero-order valence-corrected chi connectivity index (χ0v) is 11.6. The lowest BCUT2D eigenvalue weighted by atomic mass is 9.84. The van der Waals surface area contributed by atoms with E-state index in [2.05, 4.69) is 4.98 Å². The van der Waals surface area contributed by atoms with E-state index in [9.17, 15) is 9.59 Å². The number of methoxy groups -OCH3 is 1. The number of hydrogen-bond donors (Lipinski definition) is 1. The number of carbonyl (C=O) groups is 2. The summed E-state index contributed by atoms with van der Waals surface area (Å²) >= 11 is 0. The number of H-pyrrole nitrogens is 1. The van der Waals surface area contributed by atoms with Gasteiger partial charge in [-0.05, 0) is 30.7 Å².